The summed E-state index contributed by atoms with van der Waals surface area (Å²) in [7, 11) is 0. The molecule has 108 valence electrons. The SMILES string of the molecule is O=CC1CCC(/C=C/C2CCC(COO)CC2)CC1. The van der Waals surface area contributed by atoms with Crippen LogP contribution in [0, 0.1) is 23.7 Å². The van der Waals surface area contributed by atoms with E-state index in [4.69, 9.17) is 5.26 Å². The molecular formula is C16H26O3. The van der Waals surface area contributed by atoms with Gasteiger partial charge in [0.05, 0.1) is 6.61 Å². The fraction of sp³-hybridized carbons (Fsp3) is 0.812. The summed E-state index contributed by atoms with van der Waals surface area (Å²) in [5.41, 5.74) is 0. The lowest BCUT2D eigenvalue weighted by Gasteiger charge is -2.27. The second-order valence-electron chi connectivity index (χ2n) is 6.27. The van der Waals surface area contributed by atoms with Gasteiger partial charge in [0, 0.05) is 5.92 Å². The summed E-state index contributed by atoms with van der Waals surface area (Å²) in [6.45, 7) is 0.492. The zero-order valence-electron chi connectivity index (χ0n) is 11.7. The van der Waals surface area contributed by atoms with Crippen LogP contribution in [0.3, 0.4) is 0 Å². The molecule has 2 aliphatic carbocycles. The first-order valence-electron chi connectivity index (χ1n) is 7.71. The van der Waals surface area contributed by atoms with E-state index in [0.717, 1.165) is 32.0 Å². The van der Waals surface area contributed by atoms with Gasteiger partial charge >= 0.3 is 0 Å². The van der Waals surface area contributed by atoms with Crippen molar-refractivity contribution in [1.82, 2.24) is 0 Å². The summed E-state index contributed by atoms with van der Waals surface area (Å²) in [6, 6.07) is 0. The van der Waals surface area contributed by atoms with Crippen LogP contribution in [0.1, 0.15) is 51.4 Å². The topological polar surface area (TPSA) is 46.5 Å². The highest BCUT2D eigenvalue weighted by atomic mass is 17.1. The van der Waals surface area contributed by atoms with E-state index in [1.165, 1.54) is 25.7 Å². The molecule has 0 aromatic rings. The Hall–Kier alpha value is -0.670. The van der Waals surface area contributed by atoms with Gasteiger partial charge in [-0.2, -0.15) is 0 Å². The predicted molar refractivity (Wildman–Crippen MR) is 74.7 cm³/mol. The van der Waals surface area contributed by atoms with Gasteiger partial charge in [0.15, 0.2) is 0 Å². The summed E-state index contributed by atoms with van der Waals surface area (Å²) in [5, 5.41) is 8.46. The molecule has 0 amide bonds. The fourth-order valence-electron chi connectivity index (χ4n) is 3.44. The largest absolute Gasteiger partial charge is 0.303 e. The van der Waals surface area contributed by atoms with E-state index >= 15 is 0 Å². The zero-order valence-corrected chi connectivity index (χ0v) is 11.7. The smallest absolute Gasteiger partial charge is 0.123 e. The highest BCUT2D eigenvalue weighted by Crippen LogP contribution is 2.32. The molecule has 0 saturated heterocycles. The van der Waals surface area contributed by atoms with Gasteiger partial charge in [-0.15, -0.1) is 0 Å². The Morgan fingerprint density at radius 1 is 0.842 bits per heavy atom. The third kappa shape index (κ3) is 4.73. The summed E-state index contributed by atoms with van der Waals surface area (Å²) in [6.07, 6.45) is 15.2. The molecular weight excluding hydrogens is 240 g/mol. The van der Waals surface area contributed by atoms with Gasteiger partial charge in [-0.1, -0.05) is 12.2 Å². The number of carbonyl (C=O) groups is 1. The third-order valence-corrected chi connectivity index (χ3v) is 4.87. The van der Waals surface area contributed by atoms with Crippen LogP contribution in [0.15, 0.2) is 12.2 Å². The maximum atomic E-state index is 10.7. The van der Waals surface area contributed by atoms with Gasteiger partial charge in [0.1, 0.15) is 6.29 Å². The average Bonchev–Trinajstić information content (AvgIpc) is 2.47. The van der Waals surface area contributed by atoms with Crippen LogP contribution in [-0.2, 0) is 9.68 Å². The molecule has 1 N–H and O–H groups in total. The van der Waals surface area contributed by atoms with Gasteiger partial charge in [0.25, 0.3) is 0 Å². The Balaban J connectivity index is 1.68. The quantitative estimate of drug-likeness (QED) is 0.356. The summed E-state index contributed by atoms with van der Waals surface area (Å²) in [4.78, 5) is 15.0. The normalized spacial score (nSPS) is 36.5. The standard InChI is InChI=1S/C16H26O3/c17-11-15-7-3-13(4-8-15)1-2-14-5-9-16(10-6-14)12-19-18/h1-2,11,13-16,18H,3-10,12H2/b2-1+. The van der Waals surface area contributed by atoms with Gasteiger partial charge in [0.2, 0.25) is 0 Å². The average molecular weight is 266 g/mol. The van der Waals surface area contributed by atoms with Crippen LogP contribution in [0.5, 0.6) is 0 Å². The van der Waals surface area contributed by atoms with E-state index in [0.29, 0.717) is 30.3 Å². The molecule has 3 heteroatoms. The molecule has 0 aromatic carbocycles. The number of allylic oxidation sites excluding steroid dienone is 2. The van der Waals surface area contributed by atoms with Crippen molar-refractivity contribution in [3.63, 3.8) is 0 Å². The molecule has 2 saturated carbocycles. The van der Waals surface area contributed by atoms with Crippen molar-refractivity contribution in [1.29, 1.82) is 0 Å². The molecule has 2 fully saturated rings. The molecule has 0 aromatic heterocycles. The predicted octanol–water partition coefficient (Wildman–Crippen LogP) is 3.84. The van der Waals surface area contributed by atoms with Crippen LogP contribution in [0.25, 0.3) is 0 Å². The molecule has 3 nitrogen and oxygen atoms in total. The molecule has 0 unspecified atom stereocenters. The molecule has 0 aliphatic heterocycles. The minimum absolute atomic E-state index is 0.318. The van der Waals surface area contributed by atoms with Crippen LogP contribution in [0.2, 0.25) is 0 Å². The molecule has 2 aliphatic rings. The Morgan fingerprint density at radius 3 is 1.79 bits per heavy atom. The van der Waals surface area contributed by atoms with E-state index in [9.17, 15) is 4.79 Å². The van der Waals surface area contributed by atoms with Crippen molar-refractivity contribution in [2.45, 2.75) is 51.4 Å². The monoisotopic (exact) mass is 266 g/mol. The van der Waals surface area contributed by atoms with Crippen LogP contribution >= 0.6 is 0 Å². The Morgan fingerprint density at radius 2 is 1.32 bits per heavy atom. The molecule has 0 bridgehead atoms. The Bertz CT molecular complexity index is 284. The van der Waals surface area contributed by atoms with E-state index < -0.39 is 0 Å². The molecule has 0 heterocycles. The number of carbonyl (C=O) groups excluding carboxylic acids is 1. The maximum Gasteiger partial charge on any atom is 0.123 e. The van der Waals surface area contributed by atoms with Crippen molar-refractivity contribution < 1.29 is 14.9 Å². The Labute approximate surface area is 116 Å². The minimum atomic E-state index is 0.318. The first-order chi connectivity index (χ1) is 9.31. The van der Waals surface area contributed by atoms with Crippen LogP contribution < -0.4 is 0 Å². The highest BCUT2D eigenvalue weighted by Gasteiger charge is 2.21. The lowest BCUT2D eigenvalue weighted by atomic mass is 9.79. The van der Waals surface area contributed by atoms with Crippen molar-refractivity contribution >= 4 is 6.29 Å². The van der Waals surface area contributed by atoms with Crippen LogP contribution in [0.4, 0.5) is 0 Å². The molecule has 19 heavy (non-hydrogen) atoms. The first kappa shape index (κ1) is 14.7. The van der Waals surface area contributed by atoms with Gasteiger partial charge in [-0.05, 0) is 69.1 Å². The van der Waals surface area contributed by atoms with Crippen molar-refractivity contribution in [3.8, 4) is 0 Å². The third-order valence-electron chi connectivity index (χ3n) is 4.87. The van der Waals surface area contributed by atoms with Crippen molar-refractivity contribution in [3.05, 3.63) is 12.2 Å². The first-order valence-corrected chi connectivity index (χ1v) is 7.71. The van der Waals surface area contributed by atoms with E-state index in [-0.39, 0.29) is 0 Å². The van der Waals surface area contributed by atoms with Crippen molar-refractivity contribution in [2.24, 2.45) is 23.7 Å². The molecule has 2 rings (SSSR count). The zero-order chi connectivity index (χ0) is 13.5. The summed E-state index contributed by atoms with van der Waals surface area (Å²) in [5.74, 6) is 2.25. The minimum Gasteiger partial charge on any atom is -0.303 e. The second kappa shape index (κ2) is 7.81. The van der Waals surface area contributed by atoms with Gasteiger partial charge in [-0.25, -0.2) is 4.89 Å². The fourth-order valence-corrected chi connectivity index (χ4v) is 3.44. The number of hydrogen-bond acceptors (Lipinski definition) is 3. The van der Waals surface area contributed by atoms with Gasteiger partial charge in [-0.3, -0.25) is 5.26 Å². The molecule has 0 atom stereocenters. The second-order valence-corrected chi connectivity index (χ2v) is 6.27. The number of hydrogen-bond donors (Lipinski definition) is 1. The lowest BCUT2D eigenvalue weighted by Crippen LogP contribution is -2.18. The lowest BCUT2D eigenvalue weighted by molar-refractivity contribution is -0.252. The summed E-state index contributed by atoms with van der Waals surface area (Å²) < 4.78 is 0. The highest BCUT2D eigenvalue weighted by molar-refractivity contribution is 5.53. The molecule has 0 radical (unpaired) electrons. The van der Waals surface area contributed by atoms with E-state index in [1.807, 2.05) is 0 Å². The van der Waals surface area contributed by atoms with E-state index in [2.05, 4.69) is 17.0 Å². The number of aldehydes is 1. The van der Waals surface area contributed by atoms with Crippen LogP contribution in [-0.4, -0.2) is 18.2 Å². The van der Waals surface area contributed by atoms with Gasteiger partial charge < -0.3 is 4.79 Å². The molecule has 0 spiro atoms. The van der Waals surface area contributed by atoms with Crippen molar-refractivity contribution in [2.75, 3.05) is 6.61 Å². The maximum absolute atomic E-state index is 10.7. The van der Waals surface area contributed by atoms with E-state index in [1.54, 1.807) is 0 Å². The summed E-state index contributed by atoms with van der Waals surface area (Å²) >= 11 is 0. The number of rotatable bonds is 5. The Kier molecular flexibility index (Phi) is 6.05.